The van der Waals surface area contributed by atoms with Gasteiger partial charge in [-0.3, -0.25) is 14.4 Å². The van der Waals surface area contributed by atoms with Gasteiger partial charge in [0.15, 0.2) is 22.5 Å². The van der Waals surface area contributed by atoms with E-state index >= 15 is 0 Å². The van der Waals surface area contributed by atoms with E-state index in [2.05, 4.69) is 15.9 Å². The average Bonchev–Trinajstić information content (AvgIpc) is 2.37. The number of hydrogen-bond donors (Lipinski definition) is 2. The number of carbonyl (C=O) groups excluding carboxylic acids is 3. The van der Waals surface area contributed by atoms with E-state index in [0.717, 1.165) is 13.8 Å². The number of Topliss-reactive ketones (excluding diaryl/α,β-unsaturated/α-hetero) is 1. The molecule has 1 aliphatic heterocycles. The summed E-state index contributed by atoms with van der Waals surface area (Å²) < 4.78 is 47.6. The summed E-state index contributed by atoms with van der Waals surface area (Å²) >= 11 is 2.86. The molecular formula is C12H15BrF3NO6. The van der Waals surface area contributed by atoms with Crippen LogP contribution in [-0.2, 0) is 23.9 Å². The zero-order valence-corrected chi connectivity index (χ0v) is 13.9. The summed E-state index contributed by atoms with van der Waals surface area (Å²) in [5, 5.41) is 10.6. The topological polar surface area (TPSA) is 102 Å². The highest BCUT2D eigenvalue weighted by molar-refractivity contribution is 9.09. The van der Waals surface area contributed by atoms with Crippen molar-refractivity contribution in [3.8, 4) is 0 Å². The van der Waals surface area contributed by atoms with Gasteiger partial charge in [-0.15, -0.1) is 0 Å². The maximum atomic E-state index is 12.5. The standard InChI is InChI=1S/C12H15BrF3NO6/c1-4-7(23-6(3)19)8(17-10(20)12(14,15)16)11(21,5(2)18)9(13)22-4/h4,7-9,21H,1-3H3,(H,17,20)/t4-,7-,8-,9+,11+/m0/s1. The quantitative estimate of drug-likeness (QED) is 0.521. The minimum absolute atomic E-state index is 0.879. The molecule has 1 amide bonds. The average molecular weight is 406 g/mol. The molecule has 0 aromatic rings. The largest absolute Gasteiger partial charge is 0.471 e. The molecule has 0 saturated carbocycles. The van der Waals surface area contributed by atoms with Gasteiger partial charge in [-0.25, -0.2) is 0 Å². The molecule has 0 radical (unpaired) electrons. The Morgan fingerprint density at radius 2 is 1.83 bits per heavy atom. The number of aliphatic hydroxyl groups is 1. The molecule has 132 valence electrons. The number of ketones is 1. The summed E-state index contributed by atoms with van der Waals surface area (Å²) in [7, 11) is 0. The van der Waals surface area contributed by atoms with Crippen LogP contribution >= 0.6 is 15.9 Å². The smallest absolute Gasteiger partial charge is 0.457 e. The Morgan fingerprint density at radius 1 is 1.30 bits per heavy atom. The van der Waals surface area contributed by atoms with Crippen LogP contribution in [-0.4, -0.2) is 57.8 Å². The second kappa shape index (κ2) is 6.73. The fourth-order valence-corrected chi connectivity index (χ4v) is 3.13. The van der Waals surface area contributed by atoms with Crippen LogP contribution in [0.4, 0.5) is 13.2 Å². The lowest BCUT2D eigenvalue weighted by Crippen LogP contribution is -2.73. The van der Waals surface area contributed by atoms with Crippen LogP contribution in [0.2, 0.25) is 0 Å². The fourth-order valence-electron chi connectivity index (χ4n) is 2.18. The third-order valence-electron chi connectivity index (χ3n) is 3.36. The molecule has 0 aliphatic carbocycles. The van der Waals surface area contributed by atoms with Gasteiger partial charge in [0.2, 0.25) is 0 Å². The summed E-state index contributed by atoms with van der Waals surface area (Å²) in [6.45, 7) is 3.25. The highest BCUT2D eigenvalue weighted by Crippen LogP contribution is 2.36. The Hall–Kier alpha value is -1.20. The SMILES string of the molecule is CC(=O)O[C@H]1[C@H](C)O[C@@H](Br)[C@@](O)(C(C)=O)[C@H]1NC(=O)C(F)(F)F. The van der Waals surface area contributed by atoms with Crippen molar-refractivity contribution in [3.63, 3.8) is 0 Å². The maximum Gasteiger partial charge on any atom is 0.471 e. The zero-order chi connectivity index (χ0) is 18.2. The van der Waals surface area contributed by atoms with Crippen LogP contribution in [0, 0.1) is 0 Å². The van der Waals surface area contributed by atoms with Crippen molar-refractivity contribution in [1.29, 1.82) is 0 Å². The lowest BCUT2D eigenvalue weighted by atomic mass is 9.82. The van der Waals surface area contributed by atoms with E-state index < -0.39 is 52.7 Å². The van der Waals surface area contributed by atoms with Gasteiger partial charge in [-0.1, -0.05) is 15.9 Å². The van der Waals surface area contributed by atoms with Crippen molar-refractivity contribution in [2.45, 2.75) is 55.8 Å². The third kappa shape index (κ3) is 4.01. The molecule has 11 heteroatoms. The van der Waals surface area contributed by atoms with Gasteiger partial charge in [0, 0.05) is 6.92 Å². The van der Waals surface area contributed by atoms with Crippen LogP contribution in [0.15, 0.2) is 0 Å². The summed E-state index contributed by atoms with van der Waals surface area (Å²) in [6, 6.07) is -1.86. The van der Waals surface area contributed by atoms with Crippen molar-refractivity contribution in [2.75, 3.05) is 0 Å². The molecule has 5 atom stereocenters. The zero-order valence-electron chi connectivity index (χ0n) is 12.3. The van der Waals surface area contributed by atoms with Crippen LogP contribution in [0.1, 0.15) is 20.8 Å². The van der Waals surface area contributed by atoms with E-state index in [4.69, 9.17) is 9.47 Å². The van der Waals surface area contributed by atoms with E-state index in [1.807, 2.05) is 0 Å². The Balaban J connectivity index is 3.29. The van der Waals surface area contributed by atoms with Crippen LogP contribution < -0.4 is 5.32 Å². The van der Waals surface area contributed by atoms with Gasteiger partial charge in [0.25, 0.3) is 0 Å². The van der Waals surface area contributed by atoms with Crippen molar-refractivity contribution in [2.24, 2.45) is 0 Å². The molecule has 1 aliphatic rings. The van der Waals surface area contributed by atoms with E-state index in [-0.39, 0.29) is 0 Å². The Labute approximate surface area is 137 Å². The minimum atomic E-state index is -5.25. The first-order valence-electron chi connectivity index (χ1n) is 6.39. The van der Waals surface area contributed by atoms with Gasteiger partial charge in [-0.05, 0) is 13.8 Å². The molecule has 1 fully saturated rings. The fraction of sp³-hybridized carbons (Fsp3) is 0.750. The molecule has 0 bridgehead atoms. The van der Waals surface area contributed by atoms with Crippen LogP contribution in [0.25, 0.3) is 0 Å². The van der Waals surface area contributed by atoms with E-state index in [1.54, 1.807) is 0 Å². The third-order valence-corrected chi connectivity index (χ3v) is 4.27. The predicted octanol–water partition coefficient (Wildman–Crippen LogP) is 0.425. The first kappa shape index (κ1) is 19.8. The highest BCUT2D eigenvalue weighted by Gasteiger charge is 2.60. The molecule has 0 aromatic carbocycles. The van der Waals surface area contributed by atoms with E-state index in [1.165, 1.54) is 12.2 Å². The lowest BCUT2D eigenvalue weighted by molar-refractivity contribution is -0.215. The lowest BCUT2D eigenvalue weighted by Gasteiger charge is -2.47. The summed E-state index contributed by atoms with van der Waals surface area (Å²) in [5.41, 5.74) is -2.56. The number of rotatable bonds is 3. The summed E-state index contributed by atoms with van der Waals surface area (Å²) in [6.07, 6.45) is -7.75. The van der Waals surface area contributed by atoms with Gasteiger partial charge in [0.05, 0.1) is 6.10 Å². The Bertz CT molecular complexity index is 514. The number of halogens is 4. The first-order chi connectivity index (χ1) is 10.3. The monoisotopic (exact) mass is 405 g/mol. The number of amides is 1. The van der Waals surface area contributed by atoms with E-state index in [9.17, 15) is 32.7 Å². The Kier molecular flexibility index (Phi) is 5.81. The van der Waals surface area contributed by atoms with Crippen molar-refractivity contribution in [3.05, 3.63) is 0 Å². The molecule has 0 spiro atoms. The molecule has 1 heterocycles. The second-order valence-corrected chi connectivity index (χ2v) is 5.89. The molecule has 0 aromatic heterocycles. The van der Waals surface area contributed by atoms with E-state index in [0.29, 0.717) is 0 Å². The Morgan fingerprint density at radius 3 is 2.22 bits per heavy atom. The number of hydrogen-bond acceptors (Lipinski definition) is 6. The highest BCUT2D eigenvalue weighted by atomic mass is 79.9. The van der Waals surface area contributed by atoms with Gasteiger partial charge in [-0.2, -0.15) is 13.2 Å². The number of carbonyl (C=O) groups is 3. The predicted molar refractivity (Wildman–Crippen MR) is 72.4 cm³/mol. The number of alkyl halides is 4. The molecule has 0 unspecified atom stereocenters. The summed E-state index contributed by atoms with van der Waals surface area (Å²) in [4.78, 5) is 34.2. The van der Waals surface area contributed by atoms with Crippen molar-refractivity contribution < 1.29 is 42.1 Å². The van der Waals surface area contributed by atoms with Gasteiger partial charge < -0.3 is 19.9 Å². The number of nitrogens with one attached hydrogen (secondary N) is 1. The molecule has 1 saturated heterocycles. The molecule has 7 nitrogen and oxygen atoms in total. The van der Waals surface area contributed by atoms with Gasteiger partial charge >= 0.3 is 18.1 Å². The summed E-state index contributed by atoms with van der Waals surface area (Å²) in [5.74, 6) is -4.24. The maximum absolute atomic E-state index is 12.5. The minimum Gasteiger partial charge on any atom is -0.457 e. The first-order valence-corrected chi connectivity index (χ1v) is 7.31. The van der Waals surface area contributed by atoms with Crippen molar-refractivity contribution >= 4 is 33.6 Å². The normalized spacial score (nSPS) is 34.6. The van der Waals surface area contributed by atoms with Crippen LogP contribution in [0.5, 0.6) is 0 Å². The molecule has 23 heavy (non-hydrogen) atoms. The molecule has 2 N–H and O–H groups in total. The van der Waals surface area contributed by atoms with Crippen LogP contribution in [0.3, 0.4) is 0 Å². The molecule has 1 rings (SSSR count). The second-order valence-electron chi connectivity index (χ2n) is 5.06. The number of ether oxygens (including phenoxy) is 2. The molecular weight excluding hydrogens is 391 g/mol. The van der Waals surface area contributed by atoms with Crippen molar-refractivity contribution in [1.82, 2.24) is 5.32 Å². The number of esters is 1. The van der Waals surface area contributed by atoms with Gasteiger partial charge in [0.1, 0.15) is 6.04 Å².